The van der Waals surface area contributed by atoms with Gasteiger partial charge >= 0.3 is 5.69 Å². The Labute approximate surface area is 155 Å². The number of H-pyrrole nitrogens is 2. The number of piperidine rings is 1. The summed E-state index contributed by atoms with van der Waals surface area (Å²) in [5.41, 5.74) is 2.09. The van der Waals surface area contributed by atoms with E-state index in [1.165, 1.54) is 5.56 Å². The highest BCUT2D eigenvalue weighted by Gasteiger charge is 2.22. The first-order chi connectivity index (χ1) is 13.1. The highest BCUT2D eigenvalue weighted by atomic mass is 16.2. The predicted octanol–water partition coefficient (Wildman–Crippen LogP) is 0.862. The van der Waals surface area contributed by atoms with Crippen molar-refractivity contribution in [3.63, 3.8) is 0 Å². The van der Waals surface area contributed by atoms with Gasteiger partial charge in [0.15, 0.2) is 0 Å². The molecule has 1 aliphatic heterocycles. The monoisotopic (exact) mass is 367 g/mol. The number of benzene rings is 1. The Morgan fingerprint density at radius 1 is 1.15 bits per heavy atom. The van der Waals surface area contributed by atoms with Gasteiger partial charge in [-0.2, -0.15) is 5.21 Å². The van der Waals surface area contributed by atoms with Gasteiger partial charge in [0.25, 0.3) is 5.56 Å². The fraction of sp³-hybridized carbons (Fsp3) is 0.389. The van der Waals surface area contributed by atoms with Crippen molar-refractivity contribution in [3.05, 3.63) is 62.4 Å². The quantitative estimate of drug-likeness (QED) is 0.707. The molecule has 2 N–H and O–H groups in total. The number of rotatable bonds is 4. The summed E-state index contributed by atoms with van der Waals surface area (Å²) < 4.78 is 1.67. The second kappa shape index (κ2) is 7.28. The van der Waals surface area contributed by atoms with Crippen LogP contribution in [-0.2, 0) is 6.54 Å². The molecule has 0 atom stereocenters. The number of nitrogens with one attached hydrogen (secondary N) is 2. The van der Waals surface area contributed by atoms with Crippen molar-refractivity contribution in [3.8, 4) is 11.4 Å². The van der Waals surface area contributed by atoms with Crippen LogP contribution in [0.4, 0.5) is 0 Å². The van der Waals surface area contributed by atoms with Crippen molar-refractivity contribution in [2.45, 2.75) is 32.4 Å². The van der Waals surface area contributed by atoms with Gasteiger partial charge in [-0.25, -0.2) is 4.79 Å². The van der Waals surface area contributed by atoms with Crippen molar-refractivity contribution >= 4 is 0 Å². The summed E-state index contributed by atoms with van der Waals surface area (Å²) in [6.07, 6.45) is 3.44. The highest BCUT2D eigenvalue weighted by molar-refractivity contribution is 5.54. The zero-order valence-electron chi connectivity index (χ0n) is 15.1. The van der Waals surface area contributed by atoms with Crippen LogP contribution in [0, 0.1) is 6.92 Å². The Morgan fingerprint density at radius 3 is 2.56 bits per heavy atom. The van der Waals surface area contributed by atoms with Crippen LogP contribution in [0.5, 0.6) is 0 Å². The largest absolute Gasteiger partial charge is 0.328 e. The van der Waals surface area contributed by atoms with E-state index in [1.807, 2.05) is 12.1 Å². The second-order valence-corrected chi connectivity index (χ2v) is 6.92. The minimum atomic E-state index is -0.318. The number of likely N-dealkylation sites (tertiary alicyclic amines) is 1. The summed E-state index contributed by atoms with van der Waals surface area (Å²) in [4.78, 5) is 28.4. The molecular formula is C18H21N7O2. The fourth-order valence-corrected chi connectivity index (χ4v) is 3.51. The average Bonchev–Trinajstić information content (AvgIpc) is 3.21. The van der Waals surface area contributed by atoms with Crippen LogP contribution in [0.1, 0.15) is 30.0 Å². The zero-order valence-corrected chi connectivity index (χ0v) is 15.1. The van der Waals surface area contributed by atoms with E-state index in [0.717, 1.165) is 38.0 Å². The minimum absolute atomic E-state index is 0.130. The third-order valence-corrected chi connectivity index (χ3v) is 5.06. The van der Waals surface area contributed by atoms with Gasteiger partial charge in [-0.1, -0.05) is 24.3 Å². The first kappa shape index (κ1) is 17.3. The number of nitrogens with zero attached hydrogens (tertiary/aromatic N) is 5. The molecular weight excluding hydrogens is 346 g/mol. The first-order valence-electron chi connectivity index (χ1n) is 8.97. The summed E-state index contributed by atoms with van der Waals surface area (Å²) in [6, 6.07) is 8.27. The maximum Gasteiger partial charge on any atom is 0.328 e. The lowest BCUT2D eigenvalue weighted by Gasteiger charge is -2.32. The van der Waals surface area contributed by atoms with Crippen LogP contribution < -0.4 is 11.2 Å². The van der Waals surface area contributed by atoms with Crippen molar-refractivity contribution in [1.82, 2.24) is 35.1 Å². The molecule has 1 aliphatic rings. The summed E-state index contributed by atoms with van der Waals surface area (Å²) in [6.45, 7) is 4.39. The van der Waals surface area contributed by atoms with E-state index in [0.29, 0.717) is 11.4 Å². The fourth-order valence-electron chi connectivity index (χ4n) is 3.51. The zero-order chi connectivity index (χ0) is 18.8. The number of aromatic nitrogens is 6. The smallest absolute Gasteiger partial charge is 0.299 e. The highest BCUT2D eigenvalue weighted by Crippen LogP contribution is 2.23. The average molecular weight is 367 g/mol. The Morgan fingerprint density at radius 2 is 1.89 bits per heavy atom. The van der Waals surface area contributed by atoms with Crippen LogP contribution in [-0.4, -0.2) is 48.2 Å². The lowest BCUT2D eigenvalue weighted by atomic mass is 10.0. The van der Waals surface area contributed by atoms with Gasteiger partial charge in [0.1, 0.15) is 0 Å². The molecule has 0 amide bonds. The Balaban J connectivity index is 1.38. The van der Waals surface area contributed by atoms with Crippen LogP contribution in [0.25, 0.3) is 11.4 Å². The van der Waals surface area contributed by atoms with Crippen molar-refractivity contribution in [2.24, 2.45) is 0 Å². The lowest BCUT2D eigenvalue weighted by Crippen LogP contribution is -2.39. The topological polar surface area (TPSA) is 113 Å². The van der Waals surface area contributed by atoms with Crippen molar-refractivity contribution < 1.29 is 0 Å². The minimum Gasteiger partial charge on any atom is -0.299 e. The number of aryl methyl sites for hydroxylation is 1. The van der Waals surface area contributed by atoms with Gasteiger partial charge in [-0.3, -0.25) is 19.2 Å². The number of aromatic amines is 2. The van der Waals surface area contributed by atoms with E-state index < -0.39 is 0 Å². The third kappa shape index (κ3) is 3.72. The van der Waals surface area contributed by atoms with Gasteiger partial charge in [0.05, 0.1) is 0 Å². The number of hydrogen-bond acceptors (Lipinski definition) is 6. The summed E-state index contributed by atoms with van der Waals surface area (Å²) in [7, 11) is 0. The molecule has 4 rings (SSSR count). The summed E-state index contributed by atoms with van der Waals surface area (Å²) in [5, 5.41) is 14.0. The molecule has 27 heavy (non-hydrogen) atoms. The summed E-state index contributed by atoms with van der Waals surface area (Å²) in [5.74, 6) is 0.587. The normalized spacial score (nSPS) is 15.9. The predicted molar refractivity (Wildman–Crippen MR) is 99.2 cm³/mol. The molecule has 1 fully saturated rings. The Bertz CT molecular complexity index is 1010. The maximum atomic E-state index is 12.1. The summed E-state index contributed by atoms with van der Waals surface area (Å²) >= 11 is 0. The molecule has 3 heterocycles. The number of tetrazole rings is 1. The van der Waals surface area contributed by atoms with Crippen LogP contribution in [0.2, 0.25) is 0 Å². The SMILES string of the molecule is Cc1cn(C2CCN(Cc3ccc(-c4nn[nH]n4)cc3)CC2)c(=O)[nH]c1=O. The molecule has 0 aliphatic carbocycles. The standard InChI is InChI=1S/C18H21N7O2/c1-12-10-25(18(27)19-17(12)26)15-6-8-24(9-7-15)11-13-2-4-14(5-3-13)16-20-22-23-21-16/h2-5,10,15H,6-9,11H2,1H3,(H,19,26,27)(H,20,21,22,23). The number of hydrogen-bond donors (Lipinski definition) is 2. The van der Waals surface area contributed by atoms with E-state index >= 15 is 0 Å². The van der Waals surface area contributed by atoms with Gasteiger partial charge in [-0.15, -0.1) is 10.2 Å². The van der Waals surface area contributed by atoms with Crippen LogP contribution >= 0.6 is 0 Å². The Kier molecular flexibility index (Phi) is 4.68. The third-order valence-electron chi connectivity index (χ3n) is 5.06. The molecule has 1 saturated heterocycles. The van der Waals surface area contributed by atoms with Crippen molar-refractivity contribution in [2.75, 3.05) is 13.1 Å². The molecule has 0 radical (unpaired) electrons. The van der Waals surface area contributed by atoms with E-state index in [2.05, 4.69) is 42.6 Å². The molecule has 2 aromatic heterocycles. The Hall–Kier alpha value is -3.07. The van der Waals surface area contributed by atoms with Crippen LogP contribution in [0.15, 0.2) is 40.1 Å². The molecule has 140 valence electrons. The van der Waals surface area contributed by atoms with E-state index in [9.17, 15) is 9.59 Å². The maximum absolute atomic E-state index is 12.1. The lowest BCUT2D eigenvalue weighted by molar-refractivity contribution is 0.177. The van der Waals surface area contributed by atoms with E-state index in [1.54, 1.807) is 17.7 Å². The second-order valence-electron chi connectivity index (χ2n) is 6.92. The van der Waals surface area contributed by atoms with Gasteiger partial charge in [0.2, 0.25) is 5.82 Å². The van der Waals surface area contributed by atoms with E-state index in [-0.39, 0.29) is 17.3 Å². The van der Waals surface area contributed by atoms with Crippen molar-refractivity contribution in [1.29, 1.82) is 0 Å². The molecule has 9 nitrogen and oxygen atoms in total. The van der Waals surface area contributed by atoms with Crippen LogP contribution in [0.3, 0.4) is 0 Å². The molecule has 0 bridgehead atoms. The molecule has 1 aromatic carbocycles. The molecule has 0 unspecified atom stereocenters. The van der Waals surface area contributed by atoms with E-state index in [4.69, 9.17) is 0 Å². The van der Waals surface area contributed by atoms with Gasteiger partial charge < -0.3 is 0 Å². The van der Waals surface area contributed by atoms with Gasteiger partial charge in [0, 0.05) is 43.0 Å². The van der Waals surface area contributed by atoms with Gasteiger partial charge in [-0.05, 0) is 30.5 Å². The molecule has 0 spiro atoms. The molecule has 0 saturated carbocycles. The molecule has 3 aromatic rings. The first-order valence-corrected chi connectivity index (χ1v) is 8.97. The molecule has 9 heteroatoms.